The lowest BCUT2D eigenvalue weighted by molar-refractivity contribution is 0.302. The molecule has 0 saturated carbocycles. The molecule has 130 valence electrons. The number of aryl methyl sites for hydroxylation is 1. The van der Waals surface area contributed by atoms with E-state index in [1.54, 1.807) is 0 Å². The minimum Gasteiger partial charge on any atom is -0.489 e. The molecular weight excluding hydrogens is 364 g/mol. The number of ether oxygens (including phenoxy) is 1. The summed E-state index contributed by atoms with van der Waals surface area (Å²) < 4.78 is 7.12. The van der Waals surface area contributed by atoms with Crippen molar-refractivity contribution in [1.82, 2.24) is 10.6 Å². The number of hydrogen-bond donors (Lipinski definition) is 2. The normalized spacial score (nSPS) is 10.8. The molecule has 0 saturated heterocycles. The number of hydrogen-bond acceptors (Lipinski definition) is 3. The Bertz CT molecular complexity index is 614. The van der Waals surface area contributed by atoms with Crippen LogP contribution in [0.25, 0.3) is 0 Å². The average molecular weight is 391 g/mol. The summed E-state index contributed by atoms with van der Waals surface area (Å²) in [7, 11) is 0. The Morgan fingerprint density at radius 1 is 1.00 bits per heavy atom. The third-order valence-electron chi connectivity index (χ3n) is 3.81. The largest absolute Gasteiger partial charge is 0.489 e. The van der Waals surface area contributed by atoms with E-state index >= 15 is 0 Å². The average Bonchev–Trinajstić information content (AvgIpc) is 2.58. The van der Waals surface area contributed by atoms with E-state index in [2.05, 4.69) is 70.7 Å². The van der Waals surface area contributed by atoms with E-state index in [-0.39, 0.29) is 0 Å². The topological polar surface area (TPSA) is 33.3 Å². The van der Waals surface area contributed by atoms with E-state index in [9.17, 15) is 0 Å². The molecule has 0 unspecified atom stereocenters. The Balaban J connectivity index is 1.88. The monoisotopic (exact) mass is 390 g/mol. The number of benzene rings is 2. The summed E-state index contributed by atoms with van der Waals surface area (Å²) >= 11 is 3.55. The standard InChI is InChI=1S/C20H27BrN2O/c1-3-22-11-4-12-23-14-18-13-19(21)9-10-20(18)24-15-17-7-5-16(2)6-8-17/h5-10,13,22-23H,3-4,11-12,14-15H2,1-2H3. The fourth-order valence-electron chi connectivity index (χ4n) is 2.41. The van der Waals surface area contributed by atoms with Crippen LogP contribution in [0.5, 0.6) is 5.75 Å². The van der Waals surface area contributed by atoms with Gasteiger partial charge in [-0.15, -0.1) is 0 Å². The molecule has 0 amide bonds. The summed E-state index contributed by atoms with van der Waals surface area (Å²) in [6.45, 7) is 8.72. The van der Waals surface area contributed by atoms with Crippen molar-refractivity contribution in [3.63, 3.8) is 0 Å². The SMILES string of the molecule is CCNCCCNCc1cc(Br)ccc1OCc1ccc(C)cc1. The zero-order chi connectivity index (χ0) is 17.2. The minimum absolute atomic E-state index is 0.593. The molecule has 24 heavy (non-hydrogen) atoms. The zero-order valence-corrected chi connectivity index (χ0v) is 16.2. The predicted molar refractivity (Wildman–Crippen MR) is 105 cm³/mol. The molecule has 3 nitrogen and oxygen atoms in total. The Hall–Kier alpha value is -1.36. The van der Waals surface area contributed by atoms with Gasteiger partial charge >= 0.3 is 0 Å². The predicted octanol–water partition coefficient (Wildman–Crippen LogP) is 4.43. The van der Waals surface area contributed by atoms with Crippen molar-refractivity contribution in [2.75, 3.05) is 19.6 Å². The molecule has 0 bridgehead atoms. The van der Waals surface area contributed by atoms with Crippen LogP contribution < -0.4 is 15.4 Å². The Labute approximate surface area is 153 Å². The van der Waals surface area contributed by atoms with E-state index in [0.29, 0.717) is 6.61 Å². The lowest BCUT2D eigenvalue weighted by atomic mass is 10.1. The molecule has 0 aliphatic carbocycles. The van der Waals surface area contributed by atoms with Crippen LogP contribution in [-0.4, -0.2) is 19.6 Å². The van der Waals surface area contributed by atoms with Crippen molar-refractivity contribution >= 4 is 15.9 Å². The lowest BCUT2D eigenvalue weighted by Gasteiger charge is -2.13. The highest BCUT2D eigenvalue weighted by Crippen LogP contribution is 2.24. The first-order valence-corrected chi connectivity index (χ1v) is 9.36. The summed E-state index contributed by atoms with van der Waals surface area (Å²) in [5, 5.41) is 6.83. The van der Waals surface area contributed by atoms with Gasteiger partial charge < -0.3 is 15.4 Å². The zero-order valence-electron chi connectivity index (χ0n) is 14.6. The molecule has 2 aromatic rings. The second kappa shape index (κ2) is 10.5. The smallest absolute Gasteiger partial charge is 0.124 e. The maximum atomic E-state index is 6.04. The molecule has 2 rings (SSSR count). The van der Waals surface area contributed by atoms with Gasteiger partial charge in [0.1, 0.15) is 12.4 Å². The summed E-state index contributed by atoms with van der Waals surface area (Å²) in [6.07, 6.45) is 1.13. The van der Waals surface area contributed by atoms with Gasteiger partial charge in [0.25, 0.3) is 0 Å². The van der Waals surface area contributed by atoms with Crippen molar-refractivity contribution in [3.05, 3.63) is 63.6 Å². The molecule has 0 radical (unpaired) electrons. The van der Waals surface area contributed by atoms with Gasteiger partial charge in [-0.2, -0.15) is 0 Å². The summed E-state index contributed by atoms with van der Waals surface area (Å²) in [5.41, 5.74) is 3.64. The summed E-state index contributed by atoms with van der Waals surface area (Å²) in [6, 6.07) is 14.7. The molecule has 0 fully saturated rings. The van der Waals surface area contributed by atoms with Gasteiger partial charge in [0.15, 0.2) is 0 Å². The van der Waals surface area contributed by atoms with E-state index in [1.807, 2.05) is 12.1 Å². The van der Waals surface area contributed by atoms with Crippen LogP contribution in [0.2, 0.25) is 0 Å². The van der Waals surface area contributed by atoms with E-state index in [4.69, 9.17) is 4.74 Å². The third-order valence-corrected chi connectivity index (χ3v) is 4.30. The highest BCUT2D eigenvalue weighted by molar-refractivity contribution is 9.10. The first-order chi connectivity index (χ1) is 11.7. The van der Waals surface area contributed by atoms with Gasteiger partial charge in [0.05, 0.1) is 0 Å². The second-order valence-corrected chi connectivity index (χ2v) is 6.83. The van der Waals surface area contributed by atoms with Gasteiger partial charge in [-0.05, 0) is 56.7 Å². The van der Waals surface area contributed by atoms with Gasteiger partial charge in [0, 0.05) is 16.6 Å². The highest BCUT2D eigenvalue weighted by Gasteiger charge is 2.05. The Morgan fingerprint density at radius 3 is 2.50 bits per heavy atom. The van der Waals surface area contributed by atoms with Gasteiger partial charge in [0.2, 0.25) is 0 Å². The summed E-state index contributed by atoms with van der Waals surface area (Å²) in [5.74, 6) is 0.943. The Morgan fingerprint density at radius 2 is 1.75 bits per heavy atom. The molecular formula is C20H27BrN2O. The van der Waals surface area contributed by atoms with Gasteiger partial charge in [-0.3, -0.25) is 0 Å². The van der Waals surface area contributed by atoms with Crippen LogP contribution in [0.4, 0.5) is 0 Å². The maximum Gasteiger partial charge on any atom is 0.124 e. The molecule has 4 heteroatoms. The van der Waals surface area contributed by atoms with Crippen molar-refractivity contribution in [2.45, 2.75) is 33.4 Å². The van der Waals surface area contributed by atoms with Crippen LogP contribution in [0.15, 0.2) is 46.9 Å². The van der Waals surface area contributed by atoms with Crippen LogP contribution in [0.1, 0.15) is 30.0 Å². The number of halogens is 1. The first-order valence-electron chi connectivity index (χ1n) is 8.57. The van der Waals surface area contributed by atoms with Crippen LogP contribution >= 0.6 is 15.9 Å². The van der Waals surface area contributed by atoms with E-state index in [1.165, 1.54) is 16.7 Å². The quantitative estimate of drug-likeness (QED) is 0.588. The lowest BCUT2D eigenvalue weighted by Crippen LogP contribution is -2.21. The van der Waals surface area contributed by atoms with Crippen molar-refractivity contribution < 1.29 is 4.74 Å². The van der Waals surface area contributed by atoms with Crippen LogP contribution in [0, 0.1) is 6.92 Å². The molecule has 2 aromatic carbocycles. The number of rotatable bonds is 10. The minimum atomic E-state index is 0.593. The molecule has 0 aromatic heterocycles. The fourth-order valence-corrected chi connectivity index (χ4v) is 2.82. The molecule has 0 spiro atoms. The number of nitrogens with one attached hydrogen (secondary N) is 2. The fraction of sp³-hybridized carbons (Fsp3) is 0.400. The molecule has 0 atom stereocenters. The second-order valence-electron chi connectivity index (χ2n) is 5.91. The van der Waals surface area contributed by atoms with Crippen molar-refractivity contribution in [3.8, 4) is 5.75 Å². The molecule has 0 aliphatic rings. The van der Waals surface area contributed by atoms with E-state index in [0.717, 1.165) is 42.8 Å². The van der Waals surface area contributed by atoms with Crippen molar-refractivity contribution in [1.29, 1.82) is 0 Å². The first kappa shape index (κ1) is 19.0. The maximum absolute atomic E-state index is 6.04. The highest BCUT2D eigenvalue weighted by atomic mass is 79.9. The third kappa shape index (κ3) is 6.63. The van der Waals surface area contributed by atoms with Crippen molar-refractivity contribution in [2.24, 2.45) is 0 Å². The van der Waals surface area contributed by atoms with Crippen LogP contribution in [-0.2, 0) is 13.2 Å². The van der Waals surface area contributed by atoms with Gasteiger partial charge in [-0.1, -0.05) is 52.7 Å². The van der Waals surface area contributed by atoms with Crippen LogP contribution in [0.3, 0.4) is 0 Å². The Kier molecular flexibility index (Phi) is 8.29. The summed E-state index contributed by atoms with van der Waals surface area (Å²) in [4.78, 5) is 0. The van der Waals surface area contributed by atoms with E-state index < -0.39 is 0 Å². The molecule has 0 aliphatic heterocycles. The molecule has 0 heterocycles. The van der Waals surface area contributed by atoms with Gasteiger partial charge in [-0.25, -0.2) is 0 Å². The molecule has 2 N–H and O–H groups in total.